The van der Waals surface area contributed by atoms with Crippen LogP contribution in [0.5, 0.6) is 11.5 Å². The summed E-state index contributed by atoms with van der Waals surface area (Å²) in [6.07, 6.45) is -2.29. The van der Waals surface area contributed by atoms with Gasteiger partial charge in [0.05, 0.1) is 22.0 Å². The van der Waals surface area contributed by atoms with Crippen molar-refractivity contribution in [2.24, 2.45) is 17.8 Å². The van der Waals surface area contributed by atoms with Crippen LogP contribution in [0.15, 0.2) is 106 Å². The summed E-state index contributed by atoms with van der Waals surface area (Å²) in [6, 6.07) is 17.6. The Labute approximate surface area is 279 Å². The number of carbonyl (C=O) groups excluding carboxylic acids is 5. The number of benzene rings is 3. The summed E-state index contributed by atoms with van der Waals surface area (Å²) in [6.45, 7) is 0. The molecule has 7 rings (SSSR count). The predicted molar refractivity (Wildman–Crippen MR) is 168 cm³/mol. The van der Waals surface area contributed by atoms with Gasteiger partial charge in [0.2, 0.25) is 11.8 Å². The molecular weight excluding hydrogens is 695 g/mol. The number of amides is 2. The number of halogens is 4. The maximum Gasteiger partial charge on any atom is 0.573 e. The van der Waals surface area contributed by atoms with Crippen molar-refractivity contribution in [2.45, 2.75) is 25.1 Å². The van der Waals surface area contributed by atoms with Crippen molar-refractivity contribution in [3.05, 3.63) is 123 Å². The van der Waals surface area contributed by atoms with Gasteiger partial charge in [-0.2, -0.15) is 0 Å². The number of phenolic OH excluding ortho intramolecular Hbond substituents is 1. The van der Waals surface area contributed by atoms with Gasteiger partial charge in [-0.1, -0.05) is 42.0 Å². The molecule has 0 spiro atoms. The number of ketones is 3. The summed E-state index contributed by atoms with van der Waals surface area (Å²) >= 11 is 3.12. The van der Waals surface area contributed by atoms with E-state index in [4.69, 9.17) is 0 Å². The molecule has 3 aliphatic carbocycles. The number of imide groups is 1. The molecular formula is C36H23BrF3NO7. The molecule has 3 aromatic rings. The molecule has 0 aromatic heterocycles. The van der Waals surface area contributed by atoms with Gasteiger partial charge in [-0.15, -0.1) is 13.2 Å². The summed E-state index contributed by atoms with van der Waals surface area (Å²) in [5.41, 5.74) is 1.44. The van der Waals surface area contributed by atoms with E-state index in [1.165, 1.54) is 24.3 Å². The van der Waals surface area contributed by atoms with Gasteiger partial charge in [0, 0.05) is 39.8 Å². The predicted octanol–water partition coefficient (Wildman–Crippen LogP) is 6.49. The molecule has 4 aliphatic rings. The van der Waals surface area contributed by atoms with Gasteiger partial charge in [-0.05, 0) is 77.2 Å². The fraction of sp³-hybridized carbons (Fsp3) is 0.194. The van der Waals surface area contributed by atoms with Crippen LogP contribution in [0.2, 0.25) is 0 Å². The van der Waals surface area contributed by atoms with Gasteiger partial charge in [0.25, 0.3) is 0 Å². The Morgan fingerprint density at radius 1 is 0.896 bits per heavy atom. The molecule has 0 saturated carbocycles. The second-order valence-electron chi connectivity index (χ2n) is 11.9. The number of nitrogens with zero attached hydrogens (tertiary/aromatic N) is 1. The summed E-state index contributed by atoms with van der Waals surface area (Å²) in [7, 11) is 0. The number of hydrogen-bond acceptors (Lipinski definition) is 7. The molecule has 1 aliphatic heterocycles. The van der Waals surface area contributed by atoms with E-state index in [2.05, 4.69) is 20.7 Å². The Morgan fingerprint density at radius 3 is 2.27 bits per heavy atom. The lowest BCUT2D eigenvalue weighted by Crippen LogP contribution is -2.39. The molecule has 8 nitrogen and oxygen atoms in total. The number of allylic oxidation sites excluding steroid dienone is 6. The molecule has 0 unspecified atom stereocenters. The van der Waals surface area contributed by atoms with Gasteiger partial charge < -0.3 is 9.84 Å². The van der Waals surface area contributed by atoms with Gasteiger partial charge in [0.15, 0.2) is 17.3 Å². The third kappa shape index (κ3) is 5.20. The Bertz CT molecular complexity index is 2030. The zero-order valence-corrected chi connectivity index (χ0v) is 26.2. The maximum absolute atomic E-state index is 14.2. The van der Waals surface area contributed by atoms with E-state index in [-0.39, 0.29) is 45.5 Å². The van der Waals surface area contributed by atoms with E-state index in [1.54, 1.807) is 36.4 Å². The van der Waals surface area contributed by atoms with Crippen molar-refractivity contribution >= 4 is 50.8 Å². The summed E-state index contributed by atoms with van der Waals surface area (Å²) in [5, 5.41) is 10.9. The molecule has 12 heteroatoms. The van der Waals surface area contributed by atoms with E-state index in [0.717, 1.165) is 29.2 Å². The Balaban J connectivity index is 1.27. The zero-order valence-electron chi connectivity index (χ0n) is 24.7. The highest BCUT2D eigenvalue weighted by Crippen LogP contribution is 2.57. The lowest BCUT2D eigenvalue weighted by molar-refractivity contribution is -0.274. The van der Waals surface area contributed by atoms with Crippen LogP contribution in [-0.4, -0.2) is 40.6 Å². The first kappa shape index (κ1) is 31.5. The third-order valence-electron chi connectivity index (χ3n) is 9.30. The zero-order chi connectivity index (χ0) is 34.1. The van der Waals surface area contributed by atoms with E-state index < -0.39 is 64.9 Å². The molecule has 1 saturated heterocycles. The quantitative estimate of drug-likeness (QED) is 0.139. The highest BCUT2D eigenvalue weighted by Gasteiger charge is 2.57. The summed E-state index contributed by atoms with van der Waals surface area (Å²) < 4.78 is 43.5. The number of Topliss-reactive ketones (excluding diaryl/α,β-unsaturated/α-hetero) is 1. The largest absolute Gasteiger partial charge is 0.573 e. The van der Waals surface area contributed by atoms with Gasteiger partial charge in [-0.25, -0.2) is 0 Å². The Kier molecular flexibility index (Phi) is 7.58. The summed E-state index contributed by atoms with van der Waals surface area (Å²) in [5.74, 6) is -7.24. The molecule has 0 radical (unpaired) electrons. The second kappa shape index (κ2) is 11.6. The lowest BCUT2D eigenvalue weighted by atomic mass is 9.59. The minimum atomic E-state index is -5.04. The van der Waals surface area contributed by atoms with Crippen LogP contribution in [0.25, 0.3) is 0 Å². The first-order valence-electron chi connectivity index (χ1n) is 14.9. The van der Waals surface area contributed by atoms with Crippen LogP contribution in [-0.2, 0) is 19.2 Å². The summed E-state index contributed by atoms with van der Waals surface area (Å²) in [4.78, 5) is 68.8. The average Bonchev–Trinajstić information content (AvgIpc) is 3.32. The number of ether oxygens (including phenoxy) is 1. The van der Waals surface area contributed by atoms with E-state index in [0.29, 0.717) is 16.7 Å². The van der Waals surface area contributed by atoms with Crippen molar-refractivity contribution < 1.29 is 47.0 Å². The molecule has 3 aromatic carbocycles. The highest BCUT2D eigenvalue weighted by molar-refractivity contribution is 9.12. The fourth-order valence-corrected chi connectivity index (χ4v) is 7.74. The minimum absolute atomic E-state index is 0.0177. The maximum atomic E-state index is 14.2. The normalized spacial score (nSPS) is 23.7. The second-order valence-corrected chi connectivity index (χ2v) is 12.8. The number of alkyl halides is 3. The third-order valence-corrected chi connectivity index (χ3v) is 9.89. The smallest absolute Gasteiger partial charge is 0.508 e. The first-order valence-corrected chi connectivity index (χ1v) is 15.7. The highest BCUT2D eigenvalue weighted by atomic mass is 79.9. The van der Waals surface area contributed by atoms with Gasteiger partial charge in [0.1, 0.15) is 11.5 Å². The van der Waals surface area contributed by atoms with Crippen LogP contribution in [0.4, 0.5) is 18.9 Å². The van der Waals surface area contributed by atoms with Crippen molar-refractivity contribution in [1.29, 1.82) is 0 Å². The van der Waals surface area contributed by atoms with Crippen LogP contribution >= 0.6 is 15.9 Å². The van der Waals surface area contributed by atoms with Crippen molar-refractivity contribution in [3.63, 3.8) is 0 Å². The molecule has 1 N–H and O–H groups in total. The van der Waals surface area contributed by atoms with Crippen molar-refractivity contribution in [2.75, 3.05) is 4.90 Å². The van der Waals surface area contributed by atoms with E-state index >= 15 is 0 Å². The number of rotatable bonds is 5. The minimum Gasteiger partial charge on any atom is -0.508 e. The molecule has 48 heavy (non-hydrogen) atoms. The number of aromatic hydroxyl groups is 1. The first-order chi connectivity index (χ1) is 22.8. The Morgan fingerprint density at radius 2 is 1.58 bits per heavy atom. The standard InChI is InChI=1S/C36H23BrF3NO7/c37-26-16-28(43)31-25(33(26)45)15-23-21(29(31)24-14-20(10-13-27(24)42)48-36(38,39)40)11-12-22-30(23)35(47)41(34(22)46)19-8-6-18(7-9-19)32(44)17-4-2-1-3-5-17/h1-11,13-14,16,22-23,29-30,42H,12,15H2/t22-,23+,29+,30-/m0/s1. The number of fused-ring (bicyclic) bond motifs is 3. The van der Waals surface area contributed by atoms with Crippen molar-refractivity contribution in [1.82, 2.24) is 0 Å². The molecule has 242 valence electrons. The molecule has 2 amide bonds. The molecule has 1 fully saturated rings. The number of phenols is 1. The fourth-order valence-electron chi connectivity index (χ4n) is 7.30. The molecule has 4 atom stereocenters. The monoisotopic (exact) mass is 717 g/mol. The van der Waals surface area contributed by atoms with Crippen LogP contribution in [0.1, 0.15) is 40.2 Å². The molecule has 1 heterocycles. The number of hydrogen-bond donors (Lipinski definition) is 1. The SMILES string of the molecule is O=C1C=C(Br)C(=O)C2=C1[C@@H](c1cc(OC(F)(F)F)ccc1O)C1=CC[C@@H]3C(=O)N(c4ccc(C(=O)c5ccccc5)cc4)C(=O)[C@@H]3[C@@H]1C2. The van der Waals surface area contributed by atoms with Gasteiger partial charge in [-0.3, -0.25) is 28.9 Å². The lowest BCUT2D eigenvalue weighted by Gasteiger charge is -2.42. The van der Waals surface area contributed by atoms with Crippen LogP contribution in [0.3, 0.4) is 0 Å². The van der Waals surface area contributed by atoms with Gasteiger partial charge >= 0.3 is 6.36 Å². The van der Waals surface area contributed by atoms with E-state index in [1.807, 2.05) is 0 Å². The number of carbonyl (C=O) groups is 5. The Hall–Kier alpha value is -5.10. The van der Waals surface area contributed by atoms with E-state index in [9.17, 15) is 42.3 Å². The topological polar surface area (TPSA) is 118 Å². The number of anilines is 1. The van der Waals surface area contributed by atoms with Crippen molar-refractivity contribution in [3.8, 4) is 11.5 Å². The van der Waals surface area contributed by atoms with Crippen LogP contribution < -0.4 is 9.64 Å². The average molecular weight is 718 g/mol. The molecule has 0 bridgehead atoms. The van der Waals surface area contributed by atoms with Crippen LogP contribution in [0, 0.1) is 17.8 Å².